The third kappa shape index (κ3) is 3.64. The van der Waals surface area contributed by atoms with Crippen LogP contribution in [0.1, 0.15) is 40.8 Å². The fraction of sp³-hybridized carbons (Fsp3) is 0.368. The molecule has 2 aromatic carbocycles. The highest BCUT2D eigenvalue weighted by atomic mass is 16.5. The van der Waals surface area contributed by atoms with Crippen LogP contribution in [0.4, 0.5) is 0 Å². The molecule has 21 heavy (non-hydrogen) atoms. The molecule has 0 aromatic heterocycles. The molecular formula is C19H25NO. The van der Waals surface area contributed by atoms with E-state index in [-0.39, 0.29) is 12.1 Å². The molecule has 0 radical (unpaired) electrons. The van der Waals surface area contributed by atoms with E-state index in [0.29, 0.717) is 0 Å². The third-order valence-electron chi connectivity index (χ3n) is 4.04. The van der Waals surface area contributed by atoms with Gasteiger partial charge in [-0.15, -0.1) is 0 Å². The smallest absolute Gasteiger partial charge is 0.123 e. The molecule has 0 amide bonds. The van der Waals surface area contributed by atoms with E-state index in [2.05, 4.69) is 64.1 Å². The van der Waals surface area contributed by atoms with E-state index in [1.165, 1.54) is 22.3 Å². The Kier molecular flexibility index (Phi) is 4.69. The summed E-state index contributed by atoms with van der Waals surface area (Å²) in [5.74, 6) is 0.933. The van der Waals surface area contributed by atoms with Gasteiger partial charge in [-0.2, -0.15) is 0 Å². The molecule has 0 spiro atoms. The topological polar surface area (TPSA) is 35.2 Å². The van der Waals surface area contributed by atoms with Crippen LogP contribution in [0, 0.1) is 27.7 Å². The maximum absolute atomic E-state index is 6.34. The number of aryl methyl sites for hydroxylation is 3. The van der Waals surface area contributed by atoms with E-state index in [0.717, 1.165) is 11.3 Å². The Morgan fingerprint density at radius 3 is 2.14 bits per heavy atom. The summed E-state index contributed by atoms with van der Waals surface area (Å²) in [7, 11) is 0. The van der Waals surface area contributed by atoms with Crippen molar-refractivity contribution >= 4 is 0 Å². The van der Waals surface area contributed by atoms with E-state index in [1.54, 1.807) is 0 Å². The van der Waals surface area contributed by atoms with Gasteiger partial charge in [-0.25, -0.2) is 0 Å². The summed E-state index contributed by atoms with van der Waals surface area (Å²) in [5.41, 5.74) is 12.3. The molecule has 2 rings (SSSR count). The van der Waals surface area contributed by atoms with E-state index in [1.807, 2.05) is 6.92 Å². The van der Waals surface area contributed by atoms with Crippen LogP contribution < -0.4 is 10.5 Å². The Labute approximate surface area is 127 Å². The van der Waals surface area contributed by atoms with Crippen LogP contribution in [0.25, 0.3) is 0 Å². The molecule has 0 aliphatic carbocycles. The summed E-state index contributed by atoms with van der Waals surface area (Å²) < 4.78 is 6.13. The molecule has 0 saturated heterocycles. The molecule has 2 nitrogen and oxygen atoms in total. The number of hydrogen-bond donors (Lipinski definition) is 1. The molecule has 2 unspecified atom stereocenters. The van der Waals surface area contributed by atoms with Crippen molar-refractivity contribution in [2.75, 3.05) is 0 Å². The van der Waals surface area contributed by atoms with Crippen LogP contribution in [-0.2, 0) is 0 Å². The van der Waals surface area contributed by atoms with E-state index in [4.69, 9.17) is 10.5 Å². The fourth-order valence-electron chi connectivity index (χ4n) is 2.46. The first-order valence-corrected chi connectivity index (χ1v) is 7.45. The van der Waals surface area contributed by atoms with Crippen LogP contribution in [0.15, 0.2) is 36.4 Å². The van der Waals surface area contributed by atoms with Crippen LogP contribution in [-0.4, -0.2) is 6.10 Å². The molecule has 0 heterocycles. The summed E-state index contributed by atoms with van der Waals surface area (Å²) in [6.07, 6.45) is -0.0763. The lowest BCUT2D eigenvalue weighted by molar-refractivity contribution is 0.189. The predicted molar refractivity (Wildman–Crippen MR) is 88.9 cm³/mol. The minimum absolute atomic E-state index is 0.0763. The van der Waals surface area contributed by atoms with Crippen molar-refractivity contribution < 1.29 is 4.74 Å². The van der Waals surface area contributed by atoms with Crippen molar-refractivity contribution in [1.29, 1.82) is 0 Å². The van der Waals surface area contributed by atoms with E-state index < -0.39 is 0 Å². The van der Waals surface area contributed by atoms with Crippen LogP contribution in [0.5, 0.6) is 5.75 Å². The summed E-state index contributed by atoms with van der Waals surface area (Å²) in [6.45, 7) is 10.4. The molecule has 0 aliphatic rings. The number of benzene rings is 2. The Morgan fingerprint density at radius 2 is 1.52 bits per heavy atom. The minimum atomic E-state index is -0.134. The van der Waals surface area contributed by atoms with Gasteiger partial charge in [0.25, 0.3) is 0 Å². The zero-order chi connectivity index (χ0) is 15.6. The maximum atomic E-state index is 6.34. The summed E-state index contributed by atoms with van der Waals surface area (Å²) in [6, 6.07) is 12.5. The van der Waals surface area contributed by atoms with Gasteiger partial charge in [0.15, 0.2) is 0 Å². The van der Waals surface area contributed by atoms with Gasteiger partial charge in [0.2, 0.25) is 0 Å². The third-order valence-corrected chi connectivity index (χ3v) is 4.04. The highest BCUT2D eigenvalue weighted by Crippen LogP contribution is 2.27. The first-order chi connectivity index (χ1) is 9.88. The number of ether oxygens (including phenoxy) is 1. The SMILES string of the molecule is Cc1ccc(C(N)C(C)Oc2cc(C)cc(C)c2C)cc1. The molecule has 0 saturated carbocycles. The van der Waals surface area contributed by atoms with Crippen LogP contribution in [0.2, 0.25) is 0 Å². The highest BCUT2D eigenvalue weighted by Gasteiger charge is 2.17. The van der Waals surface area contributed by atoms with Crippen LogP contribution in [0.3, 0.4) is 0 Å². The molecule has 0 fully saturated rings. The minimum Gasteiger partial charge on any atom is -0.488 e. The zero-order valence-electron chi connectivity index (χ0n) is 13.6. The Morgan fingerprint density at radius 1 is 0.905 bits per heavy atom. The Hall–Kier alpha value is -1.80. The molecule has 2 aromatic rings. The fourth-order valence-corrected chi connectivity index (χ4v) is 2.46. The van der Waals surface area contributed by atoms with Gasteiger partial charge in [0.1, 0.15) is 11.9 Å². The van der Waals surface area contributed by atoms with Crippen molar-refractivity contribution in [3.8, 4) is 5.75 Å². The number of nitrogens with two attached hydrogens (primary N) is 1. The average molecular weight is 283 g/mol. The molecule has 2 N–H and O–H groups in total. The first kappa shape index (κ1) is 15.6. The van der Waals surface area contributed by atoms with Crippen molar-refractivity contribution in [2.24, 2.45) is 5.73 Å². The van der Waals surface area contributed by atoms with Gasteiger partial charge in [-0.1, -0.05) is 35.9 Å². The second kappa shape index (κ2) is 6.31. The molecular weight excluding hydrogens is 258 g/mol. The van der Waals surface area contributed by atoms with Crippen molar-refractivity contribution in [1.82, 2.24) is 0 Å². The van der Waals surface area contributed by atoms with Gasteiger partial charge in [0.05, 0.1) is 6.04 Å². The lowest BCUT2D eigenvalue weighted by Crippen LogP contribution is -2.29. The van der Waals surface area contributed by atoms with E-state index in [9.17, 15) is 0 Å². The highest BCUT2D eigenvalue weighted by molar-refractivity contribution is 5.42. The Balaban J connectivity index is 2.17. The van der Waals surface area contributed by atoms with Gasteiger partial charge >= 0.3 is 0 Å². The quantitative estimate of drug-likeness (QED) is 0.903. The van der Waals surface area contributed by atoms with E-state index >= 15 is 0 Å². The predicted octanol–water partition coefficient (Wildman–Crippen LogP) is 4.39. The van der Waals surface area contributed by atoms with Gasteiger partial charge in [-0.3, -0.25) is 0 Å². The summed E-state index contributed by atoms with van der Waals surface area (Å²) >= 11 is 0. The molecule has 2 atom stereocenters. The standard InChI is InChI=1S/C19H25NO/c1-12-6-8-17(9-7-12)19(20)16(5)21-18-11-13(2)10-14(3)15(18)4/h6-11,16,19H,20H2,1-5H3. The lowest BCUT2D eigenvalue weighted by Gasteiger charge is -2.23. The van der Waals surface area contributed by atoms with Gasteiger partial charge in [0, 0.05) is 0 Å². The molecule has 0 bridgehead atoms. The molecule has 2 heteroatoms. The first-order valence-electron chi connectivity index (χ1n) is 7.45. The van der Waals surface area contributed by atoms with Gasteiger partial charge in [-0.05, 0) is 62.9 Å². The normalized spacial score (nSPS) is 13.8. The Bertz CT molecular complexity index is 616. The van der Waals surface area contributed by atoms with Gasteiger partial charge < -0.3 is 10.5 Å². The maximum Gasteiger partial charge on any atom is 0.123 e. The number of hydrogen-bond acceptors (Lipinski definition) is 2. The van der Waals surface area contributed by atoms with Crippen LogP contribution >= 0.6 is 0 Å². The summed E-state index contributed by atoms with van der Waals surface area (Å²) in [5, 5.41) is 0. The lowest BCUT2D eigenvalue weighted by atomic mass is 10.0. The van der Waals surface area contributed by atoms with Crippen molar-refractivity contribution in [3.05, 3.63) is 64.2 Å². The largest absolute Gasteiger partial charge is 0.488 e. The molecule has 0 aliphatic heterocycles. The van der Waals surface area contributed by atoms with Crippen molar-refractivity contribution in [3.63, 3.8) is 0 Å². The zero-order valence-corrected chi connectivity index (χ0v) is 13.6. The average Bonchev–Trinajstić information content (AvgIpc) is 2.44. The second-order valence-corrected chi connectivity index (χ2v) is 5.96. The summed E-state index contributed by atoms with van der Waals surface area (Å²) in [4.78, 5) is 0. The second-order valence-electron chi connectivity index (χ2n) is 5.96. The monoisotopic (exact) mass is 283 g/mol. The molecule has 112 valence electrons. The number of rotatable bonds is 4. The van der Waals surface area contributed by atoms with Crippen molar-refractivity contribution in [2.45, 2.75) is 46.8 Å².